The lowest BCUT2D eigenvalue weighted by atomic mass is 10.1. The number of carbonyl (C=O) groups excluding carboxylic acids is 3. The predicted molar refractivity (Wildman–Crippen MR) is 103 cm³/mol. The van der Waals surface area contributed by atoms with Crippen LogP contribution >= 0.6 is 23.2 Å². The third-order valence-corrected chi connectivity index (χ3v) is 4.81. The van der Waals surface area contributed by atoms with Gasteiger partial charge in [0, 0.05) is 24.3 Å². The van der Waals surface area contributed by atoms with Crippen molar-refractivity contribution in [2.45, 2.75) is 6.42 Å². The molecule has 27 heavy (non-hydrogen) atoms. The van der Waals surface area contributed by atoms with Gasteiger partial charge < -0.3 is 15.0 Å². The molecule has 0 unspecified atom stereocenters. The molecule has 1 N–H and O–H groups in total. The number of hydrogen-bond donors (Lipinski definition) is 1. The predicted octanol–water partition coefficient (Wildman–Crippen LogP) is 3.53. The summed E-state index contributed by atoms with van der Waals surface area (Å²) in [6.07, 6.45) is 0.0577. The number of nitrogens with zero attached hydrogens (tertiary/aromatic N) is 1. The second-order valence-electron chi connectivity index (χ2n) is 6.03. The molecule has 2 amide bonds. The van der Waals surface area contributed by atoms with Gasteiger partial charge in [0.1, 0.15) is 0 Å². The van der Waals surface area contributed by atoms with Crippen molar-refractivity contribution >= 4 is 52.4 Å². The van der Waals surface area contributed by atoms with Crippen molar-refractivity contribution in [1.82, 2.24) is 0 Å². The Morgan fingerprint density at radius 1 is 1.11 bits per heavy atom. The van der Waals surface area contributed by atoms with Crippen LogP contribution in [0.15, 0.2) is 48.5 Å². The fourth-order valence-corrected chi connectivity index (χ4v) is 3.05. The summed E-state index contributed by atoms with van der Waals surface area (Å²) in [4.78, 5) is 37.8. The summed E-state index contributed by atoms with van der Waals surface area (Å²) in [5.74, 6) is -1.84. The van der Waals surface area contributed by atoms with Crippen molar-refractivity contribution in [3.05, 3.63) is 58.6 Å². The molecule has 8 heteroatoms. The number of carbonyl (C=O) groups is 3. The van der Waals surface area contributed by atoms with E-state index in [0.717, 1.165) is 5.69 Å². The summed E-state index contributed by atoms with van der Waals surface area (Å²) >= 11 is 11.7. The number of ether oxygens (including phenoxy) is 1. The second-order valence-corrected chi connectivity index (χ2v) is 6.84. The Labute approximate surface area is 166 Å². The van der Waals surface area contributed by atoms with Gasteiger partial charge in [0.2, 0.25) is 5.91 Å². The first-order chi connectivity index (χ1) is 12.9. The molecule has 2 aromatic carbocycles. The Bertz CT molecular complexity index is 873. The van der Waals surface area contributed by atoms with Gasteiger partial charge in [-0.05, 0) is 30.3 Å². The molecule has 6 nitrogen and oxygen atoms in total. The van der Waals surface area contributed by atoms with Gasteiger partial charge in [0.05, 0.1) is 16.0 Å². The van der Waals surface area contributed by atoms with Crippen molar-refractivity contribution in [3.8, 4) is 0 Å². The summed E-state index contributed by atoms with van der Waals surface area (Å²) in [5.41, 5.74) is 1.17. The SMILES string of the molecule is O=C(COC(=O)[C@H]1CC(=O)N(c2ccccc2)C1)Nc1ccc(Cl)c(Cl)c1. The molecule has 1 saturated heterocycles. The number of halogens is 2. The van der Waals surface area contributed by atoms with Gasteiger partial charge in [-0.1, -0.05) is 41.4 Å². The van der Waals surface area contributed by atoms with Crippen LogP contribution in [-0.4, -0.2) is 30.9 Å². The van der Waals surface area contributed by atoms with Crippen LogP contribution in [-0.2, 0) is 19.1 Å². The Morgan fingerprint density at radius 3 is 2.56 bits per heavy atom. The van der Waals surface area contributed by atoms with E-state index in [1.165, 1.54) is 6.07 Å². The summed E-state index contributed by atoms with van der Waals surface area (Å²) < 4.78 is 5.06. The molecule has 0 radical (unpaired) electrons. The minimum absolute atomic E-state index is 0.0577. The van der Waals surface area contributed by atoms with Gasteiger partial charge in [-0.3, -0.25) is 14.4 Å². The molecule has 0 aromatic heterocycles. The Kier molecular flexibility index (Phi) is 5.98. The van der Waals surface area contributed by atoms with Gasteiger partial charge in [-0.25, -0.2) is 0 Å². The standard InChI is InChI=1S/C19H16Cl2N2O4/c20-15-7-6-13(9-16(15)21)22-17(24)11-27-19(26)12-8-18(25)23(10-12)14-4-2-1-3-5-14/h1-7,9,12H,8,10-11H2,(H,22,24)/t12-/m0/s1. The highest BCUT2D eigenvalue weighted by molar-refractivity contribution is 6.42. The molecule has 0 bridgehead atoms. The molecule has 1 heterocycles. The molecule has 0 saturated carbocycles. The molecule has 1 aliphatic heterocycles. The molecule has 3 rings (SSSR count). The maximum Gasteiger partial charge on any atom is 0.311 e. The van der Waals surface area contributed by atoms with Crippen molar-refractivity contribution in [1.29, 1.82) is 0 Å². The summed E-state index contributed by atoms with van der Waals surface area (Å²) in [7, 11) is 0. The molecule has 1 aliphatic rings. The largest absolute Gasteiger partial charge is 0.455 e. The maximum absolute atomic E-state index is 12.2. The normalized spacial score (nSPS) is 16.3. The number of benzene rings is 2. The van der Waals surface area contributed by atoms with E-state index in [4.69, 9.17) is 27.9 Å². The van der Waals surface area contributed by atoms with Gasteiger partial charge in [0.25, 0.3) is 5.91 Å². The van der Waals surface area contributed by atoms with E-state index in [-0.39, 0.29) is 18.9 Å². The third kappa shape index (κ3) is 4.78. The summed E-state index contributed by atoms with van der Waals surface area (Å²) in [6.45, 7) is -0.217. The van der Waals surface area contributed by atoms with Crippen LogP contribution in [0.4, 0.5) is 11.4 Å². The lowest BCUT2D eigenvalue weighted by Crippen LogP contribution is -2.28. The van der Waals surface area contributed by atoms with Crippen LogP contribution in [0.5, 0.6) is 0 Å². The van der Waals surface area contributed by atoms with Crippen molar-refractivity contribution in [2.75, 3.05) is 23.4 Å². The number of amides is 2. The number of nitrogens with one attached hydrogen (secondary N) is 1. The first-order valence-electron chi connectivity index (χ1n) is 8.21. The first kappa shape index (κ1) is 19.2. The molecular weight excluding hydrogens is 391 g/mol. The fourth-order valence-electron chi connectivity index (χ4n) is 2.75. The molecule has 1 atom stereocenters. The average Bonchev–Trinajstić information content (AvgIpc) is 3.05. The topological polar surface area (TPSA) is 75.7 Å². The number of rotatable bonds is 5. The van der Waals surface area contributed by atoms with E-state index >= 15 is 0 Å². The molecule has 2 aromatic rings. The average molecular weight is 407 g/mol. The lowest BCUT2D eigenvalue weighted by Gasteiger charge is -2.16. The van der Waals surface area contributed by atoms with E-state index in [1.54, 1.807) is 29.2 Å². The van der Waals surface area contributed by atoms with Crippen molar-refractivity contribution in [2.24, 2.45) is 5.92 Å². The van der Waals surface area contributed by atoms with Crippen LogP contribution in [0, 0.1) is 5.92 Å². The number of hydrogen-bond acceptors (Lipinski definition) is 4. The highest BCUT2D eigenvalue weighted by Crippen LogP contribution is 2.26. The van der Waals surface area contributed by atoms with E-state index < -0.39 is 24.4 Å². The first-order valence-corrected chi connectivity index (χ1v) is 8.96. The molecule has 0 aliphatic carbocycles. The van der Waals surface area contributed by atoms with Crippen molar-refractivity contribution in [3.63, 3.8) is 0 Å². The van der Waals surface area contributed by atoms with E-state index in [1.807, 2.05) is 18.2 Å². The van der Waals surface area contributed by atoms with Gasteiger partial charge in [-0.2, -0.15) is 0 Å². The van der Waals surface area contributed by atoms with Crippen LogP contribution in [0.3, 0.4) is 0 Å². The van der Waals surface area contributed by atoms with Crippen LogP contribution in [0.1, 0.15) is 6.42 Å². The zero-order valence-electron chi connectivity index (χ0n) is 14.2. The number of anilines is 2. The zero-order chi connectivity index (χ0) is 19.4. The minimum Gasteiger partial charge on any atom is -0.455 e. The van der Waals surface area contributed by atoms with E-state index in [0.29, 0.717) is 15.7 Å². The zero-order valence-corrected chi connectivity index (χ0v) is 15.7. The molecule has 0 spiro atoms. The third-order valence-electron chi connectivity index (χ3n) is 4.08. The number of esters is 1. The smallest absolute Gasteiger partial charge is 0.311 e. The summed E-state index contributed by atoms with van der Waals surface area (Å²) in [5, 5.41) is 3.24. The van der Waals surface area contributed by atoms with Crippen LogP contribution in [0.25, 0.3) is 0 Å². The van der Waals surface area contributed by atoms with Gasteiger partial charge in [-0.15, -0.1) is 0 Å². The highest BCUT2D eigenvalue weighted by atomic mass is 35.5. The van der Waals surface area contributed by atoms with Crippen molar-refractivity contribution < 1.29 is 19.1 Å². The quantitative estimate of drug-likeness (QED) is 0.770. The highest BCUT2D eigenvalue weighted by Gasteiger charge is 2.36. The Balaban J connectivity index is 1.51. The number of para-hydroxylation sites is 1. The van der Waals surface area contributed by atoms with Crippen LogP contribution in [0.2, 0.25) is 10.0 Å². The Hall–Kier alpha value is -2.57. The fraction of sp³-hybridized carbons (Fsp3) is 0.211. The maximum atomic E-state index is 12.2. The second kappa shape index (κ2) is 8.41. The monoisotopic (exact) mass is 406 g/mol. The van der Waals surface area contributed by atoms with Gasteiger partial charge >= 0.3 is 5.97 Å². The molecule has 140 valence electrons. The Morgan fingerprint density at radius 2 is 1.85 bits per heavy atom. The minimum atomic E-state index is -0.601. The summed E-state index contributed by atoms with van der Waals surface area (Å²) in [6, 6.07) is 13.7. The molecule has 1 fully saturated rings. The van der Waals surface area contributed by atoms with Gasteiger partial charge in [0.15, 0.2) is 6.61 Å². The molecular formula is C19H16Cl2N2O4. The van der Waals surface area contributed by atoms with Crippen LogP contribution < -0.4 is 10.2 Å². The van der Waals surface area contributed by atoms with E-state index in [2.05, 4.69) is 5.32 Å². The van der Waals surface area contributed by atoms with E-state index in [9.17, 15) is 14.4 Å². The lowest BCUT2D eigenvalue weighted by molar-refractivity contribution is -0.151.